The molecule has 18 heavy (non-hydrogen) atoms. The summed E-state index contributed by atoms with van der Waals surface area (Å²) in [6, 6.07) is 0.428. The molecular weight excluding hydrogens is 248 g/mol. The van der Waals surface area contributed by atoms with Crippen LogP contribution in [0.1, 0.15) is 32.6 Å². The number of nitrogens with zero attached hydrogens (tertiary/aromatic N) is 1. The molecule has 1 aliphatic heterocycles. The molecule has 0 bridgehead atoms. The minimum absolute atomic E-state index is 0.428. The average Bonchev–Trinajstić information content (AvgIpc) is 2.29. The topological polar surface area (TPSA) is 49.4 Å². The summed E-state index contributed by atoms with van der Waals surface area (Å²) in [6.07, 6.45) is 7.33. The van der Waals surface area contributed by atoms with E-state index in [4.69, 9.17) is 0 Å². The van der Waals surface area contributed by atoms with Gasteiger partial charge in [-0.1, -0.05) is 13.0 Å². The van der Waals surface area contributed by atoms with Gasteiger partial charge < -0.3 is 5.32 Å². The van der Waals surface area contributed by atoms with Crippen molar-refractivity contribution in [3.05, 3.63) is 12.7 Å². The van der Waals surface area contributed by atoms with Gasteiger partial charge in [0.2, 0.25) is 10.0 Å². The fourth-order valence-electron chi connectivity index (χ4n) is 2.68. The maximum atomic E-state index is 11.6. The van der Waals surface area contributed by atoms with Gasteiger partial charge in [0.25, 0.3) is 0 Å². The van der Waals surface area contributed by atoms with E-state index in [1.165, 1.54) is 6.26 Å². The van der Waals surface area contributed by atoms with E-state index in [1.54, 1.807) is 4.31 Å². The summed E-state index contributed by atoms with van der Waals surface area (Å²) in [5, 5.41) is 3.45. The van der Waals surface area contributed by atoms with Gasteiger partial charge in [-0.25, -0.2) is 12.7 Å². The Bertz CT molecular complexity index is 354. The molecule has 5 heteroatoms. The zero-order valence-electron chi connectivity index (χ0n) is 11.6. The van der Waals surface area contributed by atoms with Crippen LogP contribution in [-0.2, 0) is 10.0 Å². The van der Waals surface area contributed by atoms with Crippen molar-refractivity contribution < 1.29 is 8.42 Å². The minimum Gasteiger partial charge on any atom is -0.314 e. The van der Waals surface area contributed by atoms with E-state index >= 15 is 0 Å². The Morgan fingerprint density at radius 1 is 1.56 bits per heavy atom. The van der Waals surface area contributed by atoms with E-state index in [9.17, 15) is 8.42 Å². The van der Waals surface area contributed by atoms with Gasteiger partial charge in [-0.05, 0) is 38.1 Å². The summed E-state index contributed by atoms with van der Waals surface area (Å²) in [5.74, 6) is 0.470. The Balaban J connectivity index is 2.52. The van der Waals surface area contributed by atoms with Crippen LogP contribution in [0, 0.1) is 5.92 Å². The highest BCUT2D eigenvalue weighted by Crippen LogP contribution is 2.23. The van der Waals surface area contributed by atoms with Gasteiger partial charge in [0.15, 0.2) is 0 Å². The molecule has 0 radical (unpaired) electrons. The molecule has 0 amide bonds. The largest absolute Gasteiger partial charge is 0.314 e. The Labute approximate surface area is 111 Å². The second-order valence-corrected chi connectivity index (χ2v) is 7.13. The molecule has 0 aromatic heterocycles. The van der Waals surface area contributed by atoms with Crippen LogP contribution in [0.25, 0.3) is 0 Å². The average molecular weight is 274 g/mol. The van der Waals surface area contributed by atoms with Crippen molar-refractivity contribution >= 4 is 10.0 Å². The van der Waals surface area contributed by atoms with Gasteiger partial charge in [-0.15, -0.1) is 6.58 Å². The number of hydrogen-bond acceptors (Lipinski definition) is 3. The highest BCUT2D eigenvalue weighted by atomic mass is 32.2. The normalized spacial score (nSPS) is 23.8. The van der Waals surface area contributed by atoms with Crippen LogP contribution in [0.3, 0.4) is 0 Å². The molecule has 0 saturated carbocycles. The summed E-state index contributed by atoms with van der Waals surface area (Å²) in [7, 11) is -3.03. The van der Waals surface area contributed by atoms with E-state index in [1.807, 2.05) is 6.08 Å². The van der Waals surface area contributed by atoms with Gasteiger partial charge in [-0.3, -0.25) is 0 Å². The van der Waals surface area contributed by atoms with Crippen molar-refractivity contribution in [1.82, 2.24) is 9.62 Å². The highest BCUT2D eigenvalue weighted by Gasteiger charge is 2.27. The molecule has 2 atom stereocenters. The Morgan fingerprint density at radius 3 is 2.83 bits per heavy atom. The first-order valence-electron chi connectivity index (χ1n) is 6.76. The van der Waals surface area contributed by atoms with Gasteiger partial charge in [-0.2, -0.15) is 0 Å². The fourth-order valence-corrected chi connectivity index (χ4v) is 3.62. The molecule has 4 nitrogen and oxygen atoms in total. The van der Waals surface area contributed by atoms with Crippen LogP contribution in [0.15, 0.2) is 12.7 Å². The number of piperidine rings is 1. The standard InChI is InChI=1S/C13H26N2O2S/c1-4-7-13(14-5-2)10-12-8-6-9-15(11-12)18(3,16)17/h4,12-14H,1,5-11H2,2-3H3. The lowest BCUT2D eigenvalue weighted by Gasteiger charge is -2.33. The Morgan fingerprint density at radius 2 is 2.28 bits per heavy atom. The van der Waals surface area contributed by atoms with E-state index in [0.29, 0.717) is 25.0 Å². The SMILES string of the molecule is C=CCC(CC1CCCN(S(C)(=O)=O)C1)NCC. The molecule has 2 unspecified atom stereocenters. The zero-order chi connectivity index (χ0) is 13.6. The lowest BCUT2D eigenvalue weighted by atomic mass is 9.91. The third-order valence-electron chi connectivity index (χ3n) is 3.51. The molecule has 0 aromatic rings. The monoisotopic (exact) mass is 274 g/mol. The third kappa shape index (κ3) is 5.08. The van der Waals surface area contributed by atoms with Crippen molar-refractivity contribution in [3.8, 4) is 0 Å². The molecular formula is C13H26N2O2S. The van der Waals surface area contributed by atoms with E-state index in [0.717, 1.165) is 32.2 Å². The van der Waals surface area contributed by atoms with Crippen LogP contribution in [0.2, 0.25) is 0 Å². The number of hydrogen-bond donors (Lipinski definition) is 1. The smallest absolute Gasteiger partial charge is 0.211 e. The number of rotatable bonds is 7. The quantitative estimate of drug-likeness (QED) is 0.717. The first-order valence-corrected chi connectivity index (χ1v) is 8.61. The maximum absolute atomic E-state index is 11.6. The van der Waals surface area contributed by atoms with Gasteiger partial charge in [0.1, 0.15) is 0 Å². The molecule has 1 heterocycles. The third-order valence-corrected chi connectivity index (χ3v) is 4.78. The lowest BCUT2D eigenvalue weighted by molar-refractivity contribution is 0.238. The van der Waals surface area contributed by atoms with E-state index in [-0.39, 0.29) is 0 Å². The second kappa shape index (κ2) is 7.26. The zero-order valence-corrected chi connectivity index (χ0v) is 12.4. The Hall–Kier alpha value is -0.390. The molecule has 106 valence electrons. The van der Waals surface area contributed by atoms with Crippen LogP contribution in [-0.4, -0.2) is 44.7 Å². The van der Waals surface area contributed by atoms with Crippen LogP contribution in [0.5, 0.6) is 0 Å². The Kier molecular flexibility index (Phi) is 6.32. The number of sulfonamides is 1. The first kappa shape index (κ1) is 15.7. The van der Waals surface area contributed by atoms with Crippen molar-refractivity contribution in [2.24, 2.45) is 5.92 Å². The summed E-state index contributed by atoms with van der Waals surface area (Å²) in [6.45, 7) is 8.19. The predicted molar refractivity (Wildman–Crippen MR) is 76.0 cm³/mol. The summed E-state index contributed by atoms with van der Waals surface area (Å²) in [5.41, 5.74) is 0. The molecule has 0 aromatic carbocycles. The summed E-state index contributed by atoms with van der Waals surface area (Å²) < 4.78 is 24.7. The predicted octanol–water partition coefficient (Wildman–Crippen LogP) is 1.60. The van der Waals surface area contributed by atoms with Crippen LogP contribution < -0.4 is 5.32 Å². The van der Waals surface area contributed by atoms with E-state index in [2.05, 4.69) is 18.8 Å². The number of nitrogens with one attached hydrogen (secondary N) is 1. The minimum atomic E-state index is -3.03. The fraction of sp³-hybridized carbons (Fsp3) is 0.846. The molecule has 0 aliphatic carbocycles. The first-order chi connectivity index (χ1) is 8.47. The summed E-state index contributed by atoms with van der Waals surface area (Å²) >= 11 is 0. The van der Waals surface area contributed by atoms with Crippen LogP contribution >= 0.6 is 0 Å². The van der Waals surface area contributed by atoms with Crippen molar-refractivity contribution in [1.29, 1.82) is 0 Å². The van der Waals surface area contributed by atoms with Gasteiger partial charge >= 0.3 is 0 Å². The van der Waals surface area contributed by atoms with Gasteiger partial charge in [0, 0.05) is 19.1 Å². The molecule has 1 aliphatic rings. The van der Waals surface area contributed by atoms with Gasteiger partial charge in [0.05, 0.1) is 6.26 Å². The van der Waals surface area contributed by atoms with E-state index < -0.39 is 10.0 Å². The van der Waals surface area contributed by atoms with Crippen molar-refractivity contribution in [2.75, 3.05) is 25.9 Å². The lowest BCUT2D eigenvalue weighted by Crippen LogP contribution is -2.41. The summed E-state index contributed by atoms with van der Waals surface area (Å²) in [4.78, 5) is 0. The highest BCUT2D eigenvalue weighted by molar-refractivity contribution is 7.88. The van der Waals surface area contributed by atoms with Crippen molar-refractivity contribution in [3.63, 3.8) is 0 Å². The molecule has 0 spiro atoms. The molecule has 1 N–H and O–H groups in total. The molecule has 1 saturated heterocycles. The molecule has 1 rings (SSSR count). The second-order valence-electron chi connectivity index (χ2n) is 5.14. The van der Waals surface area contributed by atoms with Crippen LogP contribution in [0.4, 0.5) is 0 Å². The van der Waals surface area contributed by atoms with Crippen molar-refractivity contribution in [2.45, 2.75) is 38.6 Å². The molecule has 1 fully saturated rings. The maximum Gasteiger partial charge on any atom is 0.211 e.